The first-order valence-corrected chi connectivity index (χ1v) is 11.9. The molecule has 0 bridgehead atoms. The lowest BCUT2D eigenvalue weighted by Crippen LogP contribution is -2.46. The van der Waals surface area contributed by atoms with Crippen molar-refractivity contribution in [2.24, 2.45) is 0 Å². The Labute approximate surface area is 200 Å². The minimum Gasteiger partial charge on any atom is -0.488 e. The highest BCUT2D eigenvalue weighted by molar-refractivity contribution is 5.98. The molecule has 0 unspecified atom stereocenters. The molecular formula is C30H39N2O+. The smallest absolute Gasteiger partial charge is 0.137 e. The summed E-state index contributed by atoms with van der Waals surface area (Å²) < 4.78 is 7.07. The van der Waals surface area contributed by atoms with E-state index >= 15 is 0 Å². The molecule has 3 rings (SSSR count). The van der Waals surface area contributed by atoms with Gasteiger partial charge in [-0.2, -0.15) is 0 Å². The fourth-order valence-electron chi connectivity index (χ4n) is 4.00. The molecule has 3 nitrogen and oxygen atoms in total. The van der Waals surface area contributed by atoms with Gasteiger partial charge in [-0.25, -0.2) is 0 Å². The molecule has 0 saturated carbocycles. The van der Waals surface area contributed by atoms with Crippen LogP contribution in [0.1, 0.15) is 30.0 Å². The van der Waals surface area contributed by atoms with Crippen molar-refractivity contribution in [3.8, 4) is 5.75 Å². The second-order valence-corrected chi connectivity index (χ2v) is 9.50. The average Bonchev–Trinajstić information content (AvgIpc) is 2.83. The van der Waals surface area contributed by atoms with Crippen LogP contribution in [-0.4, -0.2) is 63.8 Å². The first-order chi connectivity index (χ1) is 15.9. The quantitative estimate of drug-likeness (QED) is 0.263. The van der Waals surface area contributed by atoms with Gasteiger partial charge < -0.3 is 14.1 Å². The van der Waals surface area contributed by atoms with Gasteiger partial charge >= 0.3 is 0 Å². The number of rotatable bonds is 11. The van der Waals surface area contributed by atoms with E-state index in [1.54, 1.807) is 0 Å². The Morgan fingerprint density at radius 3 is 1.82 bits per heavy atom. The van der Waals surface area contributed by atoms with Crippen LogP contribution in [-0.2, 0) is 0 Å². The van der Waals surface area contributed by atoms with Gasteiger partial charge in [0.25, 0.3) is 0 Å². The second-order valence-electron chi connectivity index (χ2n) is 9.50. The highest BCUT2D eigenvalue weighted by atomic mass is 16.5. The van der Waals surface area contributed by atoms with E-state index in [0.29, 0.717) is 6.61 Å². The third kappa shape index (κ3) is 7.31. The highest BCUT2D eigenvalue weighted by Crippen LogP contribution is 2.34. The average molecular weight is 444 g/mol. The van der Waals surface area contributed by atoms with Crippen molar-refractivity contribution < 1.29 is 9.22 Å². The van der Waals surface area contributed by atoms with Gasteiger partial charge in [-0.3, -0.25) is 0 Å². The number of ether oxygens (including phenoxy) is 1. The van der Waals surface area contributed by atoms with E-state index < -0.39 is 0 Å². The van der Waals surface area contributed by atoms with Crippen molar-refractivity contribution in [1.29, 1.82) is 0 Å². The Morgan fingerprint density at radius 2 is 1.27 bits per heavy atom. The zero-order valence-electron chi connectivity index (χ0n) is 20.9. The molecule has 0 saturated heterocycles. The van der Waals surface area contributed by atoms with Crippen LogP contribution in [0.3, 0.4) is 0 Å². The van der Waals surface area contributed by atoms with Crippen molar-refractivity contribution in [2.75, 3.05) is 54.4 Å². The lowest BCUT2D eigenvalue weighted by molar-refractivity contribution is -0.889. The Balaban J connectivity index is 1.80. The molecular weight excluding hydrogens is 404 g/mol. The van der Waals surface area contributed by atoms with Gasteiger partial charge in [0.1, 0.15) is 18.9 Å². The molecule has 0 fully saturated rings. The predicted octanol–water partition coefficient (Wildman–Crippen LogP) is 6.07. The van der Waals surface area contributed by atoms with Crippen LogP contribution in [0, 0.1) is 0 Å². The maximum atomic E-state index is 6.12. The summed E-state index contributed by atoms with van der Waals surface area (Å²) in [5.74, 6) is 0.927. The van der Waals surface area contributed by atoms with E-state index in [9.17, 15) is 0 Å². The monoisotopic (exact) mass is 443 g/mol. The number of nitrogens with zero attached hydrogens (tertiary/aromatic N) is 2. The summed E-state index contributed by atoms with van der Waals surface area (Å²) in [5.41, 5.74) is 6.38. The Morgan fingerprint density at radius 1 is 0.727 bits per heavy atom. The van der Waals surface area contributed by atoms with Crippen LogP contribution in [0.4, 0.5) is 0 Å². The zero-order chi connectivity index (χ0) is 23.7. The van der Waals surface area contributed by atoms with Crippen molar-refractivity contribution in [1.82, 2.24) is 4.90 Å². The molecule has 3 aromatic carbocycles. The van der Waals surface area contributed by atoms with Crippen molar-refractivity contribution >= 4 is 11.1 Å². The fraction of sp³-hybridized carbons (Fsp3) is 0.333. The number of hydrogen-bond acceptors (Lipinski definition) is 2. The Hall–Kier alpha value is -2.88. The molecule has 0 aliphatic carbocycles. The number of likely N-dealkylation sites (N-methyl/N-ethyl adjacent to an activating group) is 2. The summed E-state index contributed by atoms with van der Waals surface area (Å²) in [7, 11) is 8.78. The van der Waals surface area contributed by atoms with Gasteiger partial charge in [0.05, 0.1) is 20.6 Å². The van der Waals surface area contributed by atoms with Gasteiger partial charge in [-0.05, 0) is 60.5 Å². The van der Waals surface area contributed by atoms with Crippen LogP contribution >= 0.6 is 0 Å². The topological polar surface area (TPSA) is 12.5 Å². The summed E-state index contributed by atoms with van der Waals surface area (Å²) in [6.07, 6.45) is 0.965. The Bertz CT molecular complexity index is 1010. The molecule has 0 aliphatic rings. The summed E-state index contributed by atoms with van der Waals surface area (Å²) in [4.78, 5) is 2.23. The first kappa shape index (κ1) is 24.8. The van der Waals surface area contributed by atoms with E-state index in [2.05, 4.69) is 125 Å². The molecule has 3 aromatic rings. The molecule has 0 amide bonds. The van der Waals surface area contributed by atoms with Gasteiger partial charge in [-0.1, -0.05) is 79.7 Å². The van der Waals surface area contributed by atoms with E-state index in [-0.39, 0.29) is 0 Å². The number of hydrogen-bond donors (Lipinski definition) is 0. The molecule has 0 heterocycles. The van der Waals surface area contributed by atoms with Gasteiger partial charge in [0.2, 0.25) is 0 Å². The molecule has 33 heavy (non-hydrogen) atoms. The second kappa shape index (κ2) is 11.8. The van der Waals surface area contributed by atoms with Gasteiger partial charge in [-0.15, -0.1) is 0 Å². The Kier molecular flexibility index (Phi) is 8.87. The molecule has 0 N–H and O–H groups in total. The third-order valence-corrected chi connectivity index (χ3v) is 6.10. The predicted molar refractivity (Wildman–Crippen MR) is 141 cm³/mol. The van der Waals surface area contributed by atoms with Crippen LogP contribution in [0.5, 0.6) is 5.75 Å². The maximum Gasteiger partial charge on any atom is 0.137 e. The SMILES string of the molecule is CC/C(=C(/c1ccccc1)c1ccc(OCC[N+](C)(C)CCN(C)C)cc1)c1ccccc1. The molecule has 0 aliphatic heterocycles. The van der Waals surface area contributed by atoms with E-state index in [0.717, 1.165) is 36.3 Å². The summed E-state index contributed by atoms with van der Waals surface area (Å²) in [6, 6.07) is 30.0. The number of quaternary nitrogens is 1. The van der Waals surface area contributed by atoms with Crippen molar-refractivity contribution in [2.45, 2.75) is 13.3 Å². The molecule has 3 heteroatoms. The maximum absolute atomic E-state index is 6.12. The van der Waals surface area contributed by atoms with Crippen LogP contribution in [0.15, 0.2) is 84.9 Å². The normalized spacial score (nSPS) is 12.5. The minimum atomic E-state index is 0.714. The standard InChI is InChI=1S/C30H39N2O/c1-6-29(25-13-9-7-10-14-25)30(26-15-11-8-12-16-26)27-17-19-28(20-18-27)33-24-23-32(4,5)22-21-31(2)3/h7-20H,6,21-24H2,1-5H3/q+1/b30-29+. The molecule has 174 valence electrons. The lowest BCUT2D eigenvalue weighted by Gasteiger charge is -2.30. The molecule has 0 aromatic heterocycles. The van der Waals surface area contributed by atoms with E-state index in [1.807, 2.05) is 0 Å². The van der Waals surface area contributed by atoms with Gasteiger partial charge in [0.15, 0.2) is 0 Å². The van der Waals surface area contributed by atoms with Gasteiger partial charge in [0, 0.05) is 6.54 Å². The molecule has 0 radical (unpaired) electrons. The highest BCUT2D eigenvalue weighted by Gasteiger charge is 2.16. The summed E-state index contributed by atoms with van der Waals surface area (Å²) >= 11 is 0. The van der Waals surface area contributed by atoms with Crippen LogP contribution in [0.2, 0.25) is 0 Å². The van der Waals surface area contributed by atoms with Crippen LogP contribution in [0.25, 0.3) is 11.1 Å². The van der Waals surface area contributed by atoms with E-state index in [1.165, 1.54) is 27.8 Å². The van der Waals surface area contributed by atoms with Crippen molar-refractivity contribution in [3.63, 3.8) is 0 Å². The zero-order valence-corrected chi connectivity index (χ0v) is 20.9. The fourth-order valence-corrected chi connectivity index (χ4v) is 4.00. The van der Waals surface area contributed by atoms with Crippen LogP contribution < -0.4 is 4.74 Å². The summed E-state index contributed by atoms with van der Waals surface area (Å²) in [6.45, 7) is 6.13. The summed E-state index contributed by atoms with van der Waals surface area (Å²) in [5, 5.41) is 0. The van der Waals surface area contributed by atoms with Crippen molar-refractivity contribution in [3.05, 3.63) is 102 Å². The largest absolute Gasteiger partial charge is 0.488 e. The first-order valence-electron chi connectivity index (χ1n) is 11.9. The van der Waals surface area contributed by atoms with E-state index in [4.69, 9.17) is 4.74 Å². The number of allylic oxidation sites excluding steroid dienone is 1. The lowest BCUT2D eigenvalue weighted by atomic mass is 9.88. The molecule has 0 spiro atoms. The number of benzene rings is 3. The third-order valence-electron chi connectivity index (χ3n) is 6.10. The minimum absolute atomic E-state index is 0.714. The molecule has 0 atom stereocenters.